The van der Waals surface area contributed by atoms with Crippen molar-refractivity contribution in [3.05, 3.63) is 17.8 Å². The predicted octanol–water partition coefficient (Wildman–Crippen LogP) is 1.81. The smallest absolute Gasteiger partial charge is 0.182 e. The topological polar surface area (TPSA) is 43.6 Å². The maximum atomic E-state index is 5.96. The van der Waals surface area contributed by atoms with Gasteiger partial charge in [0.1, 0.15) is 11.8 Å². The van der Waals surface area contributed by atoms with Gasteiger partial charge in [-0.1, -0.05) is 11.6 Å². The van der Waals surface area contributed by atoms with Gasteiger partial charge in [-0.05, 0) is 12.8 Å². The zero-order valence-corrected chi connectivity index (χ0v) is 7.57. The highest BCUT2D eigenvalue weighted by atomic mass is 35.5. The molecule has 1 aliphatic rings. The van der Waals surface area contributed by atoms with E-state index in [-0.39, 0.29) is 0 Å². The minimum atomic E-state index is 0.495. The zero-order valence-electron chi connectivity index (χ0n) is 6.81. The Morgan fingerprint density at radius 2 is 2.15 bits per heavy atom. The van der Waals surface area contributed by atoms with Crippen molar-refractivity contribution in [2.75, 3.05) is 0 Å². The summed E-state index contributed by atoms with van der Waals surface area (Å²) < 4.78 is 2.07. The molecule has 66 valence electrons. The molecule has 0 aliphatic heterocycles. The predicted molar refractivity (Wildman–Crippen MR) is 48.6 cm³/mol. The molecule has 0 saturated heterocycles. The fourth-order valence-corrected chi connectivity index (χ4v) is 1.70. The number of fused-ring (bicyclic) bond motifs is 1. The van der Waals surface area contributed by atoms with E-state index in [9.17, 15) is 0 Å². The lowest BCUT2D eigenvalue weighted by Gasteiger charge is -2.00. The van der Waals surface area contributed by atoms with Gasteiger partial charge >= 0.3 is 0 Å². The lowest BCUT2D eigenvalue weighted by Crippen LogP contribution is -1.92. The van der Waals surface area contributed by atoms with Crippen molar-refractivity contribution in [3.63, 3.8) is 0 Å². The van der Waals surface area contributed by atoms with Crippen molar-refractivity contribution in [2.45, 2.75) is 18.9 Å². The van der Waals surface area contributed by atoms with Crippen molar-refractivity contribution in [2.24, 2.45) is 0 Å². The molecule has 0 bridgehead atoms. The van der Waals surface area contributed by atoms with E-state index in [2.05, 4.69) is 19.5 Å². The van der Waals surface area contributed by atoms with E-state index in [4.69, 9.17) is 11.6 Å². The third-order valence-corrected chi connectivity index (χ3v) is 2.54. The number of rotatable bonds is 1. The van der Waals surface area contributed by atoms with Crippen LogP contribution in [-0.2, 0) is 0 Å². The molecular formula is C8H7ClN4. The van der Waals surface area contributed by atoms with E-state index < -0.39 is 0 Å². The summed E-state index contributed by atoms with van der Waals surface area (Å²) in [5, 5.41) is 0.495. The Kier molecular flexibility index (Phi) is 1.35. The number of aromatic nitrogens is 4. The van der Waals surface area contributed by atoms with E-state index in [0.29, 0.717) is 16.8 Å². The standard InChI is InChI=1S/C8H7ClN4/c9-7-6-8(11-3-10-7)12-4-13(6)5-1-2-5/h3-5H,1-2H2. The van der Waals surface area contributed by atoms with Gasteiger partial charge in [-0.25, -0.2) is 15.0 Å². The average Bonchev–Trinajstić information content (AvgIpc) is 2.87. The first-order chi connectivity index (χ1) is 6.36. The summed E-state index contributed by atoms with van der Waals surface area (Å²) in [5.41, 5.74) is 1.55. The molecule has 0 atom stereocenters. The van der Waals surface area contributed by atoms with Crippen molar-refractivity contribution < 1.29 is 0 Å². The Balaban J connectivity index is 2.34. The Labute approximate surface area is 79.6 Å². The number of hydrogen-bond acceptors (Lipinski definition) is 3. The SMILES string of the molecule is Clc1ncnc2ncn(C3CC3)c12. The summed E-state index contributed by atoms with van der Waals surface area (Å²) in [7, 11) is 0. The Hall–Kier alpha value is -1.16. The number of imidazole rings is 1. The summed E-state index contributed by atoms with van der Waals surface area (Å²) in [5.74, 6) is 0. The van der Waals surface area contributed by atoms with E-state index >= 15 is 0 Å². The Bertz CT molecular complexity index is 460. The molecule has 0 amide bonds. The first kappa shape index (κ1) is 7.26. The van der Waals surface area contributed by atoms with Crippen LogP contribution in [-0.4, -0.2) is 19.5 Å². The molecular weight excluding hydrogens is 188 g/mol. The fourth-order valence-electron chi connectivity index (χ4n) is 1.47. The van der Waals surface area contributed by atoms with Gasteiger partial charge in [-0.3, -0.25) is 0 Å². The highest BCUT2D eigenvalue weighted by molar-refractivity contribution is 6.33. The Morgan fingerprint density at radius 3 is 2.92 bits per heavy atom. The summed E-state index contributed by atoms with van der Waals surface area (Å²) >= 11 is 5.96. The van der Waals surface area contributed by atoms with Crippen LogP contribution in [0.2, 0.25) is 5.15 Å². The molecule has 0 N–H and O–H groups in total. The van der Waals surface area contributed by atoms with Crippen LogP contribution in [0.3, 0.4) is 0 Å². The molecule has 0 spiro atoms. The molecule has 2 aromatic rings. The van der Waals surface area contributed by atoms with Gasteiger partial charge in [0.25, 0.3) is 0 Å². The molecule has 0 radical (unpaired) electrons. The summed E-state index contributed by atoms with van der Waals surface area (Å²) in [6.45, 7) is 0. The van der Waals surface area contributed by atoms with E-state index in [1.807, 2.05) is 0 Å². The number of hydrogen-bond donors (Lipinski definition) is 0. The van der Waals surface area contributed by atoms with Crippen LogP contribution in [0.1, 0.15) is 18.9 Å². The van der Waals surface area contributed by atoms with Crippen LogP contribution < -0.4 is 0 Å². The van der Waals surface area contributed by atoms with Gasteiger partial charge in [-0.2, -0.15) is 0 Å². The summed E-state index contributed by atoms with van der Waals surface area (Å²) in [6.07, 6.45) is 5.64. The molecule has 2 aromatic heterocycles. The van der Waals surface area contributed by atoms with Crippen molar-refractivity contribution >= 4 is 22.8 Å². The maximum absolute atomic E-state index is 5.96. The third kappa shape index (κ3) is 1.02. The second-order valence-electron chi connectivity index (χ2n) is 3.22. The van der Waals surface area contributed by atoms with Crippen LogP contribution in [0.5, 0.6) is 0 Å². The van der Waals surface area contributed by atoms with Crippen molar-refractivity contribution in [3.8, 4) is 0 Å². The average molecular weight is 195 g/mol. The monoisotopic (exact) mass is 194 g/mol. The quantitative estimate of drug-likeness (QED) is 0.651. The summed E-state index contributed by atoms with van der Waals surface area (Å²) in [6, 6.07) is 0.563. The van der Waals surface area contributed by atoms with Gasteiger partial charge in [0.2, 0.25) is 0 Å². The van der Waals surface area contributed by atoms with Gasteiger partial charge in [0.05, 0.1) is 6.33 Å². The minimum absolute atomic E-state index is 0.495. The number of nitrogens with zero attached hydrogens (tertiary/aromatic N) is 4. The normalized spacial score (nSPS) is 16.7. The van der Waals surface area contributed by atoms with Crippen LogP contribution in [0.15, 0.2) is 12.7 Å². The second kappa shape index (κ2) is 2.42. The van der Waals surface area contributed by atoms with Gasteiger partial charge in [-0.15, -0.1) is 0 Å². The minimum Gasteiger partial charge on any atom is -0.324 e. The molecule has 3 rings (SSSR count). The molecule has 2 heterocycles. The van der Waals surface area contributed by atoms with Gasteiger partial charge < -0.3 is 4.57 Å². The van der Waals surface area contributed by atoms with Crippen molar-refractivity contribution in [1.82, 2.24) is 19.5 Å². The lowest BCUT2D eigenvalue weighted by atomic mass is 10.5. The van der Waals surface area contributed by atoms with Crippen LogP contribution in [0.4, 0.5) is 0 Å². The Morgan fingerprint density at radius 1 is 1.31 bits per heavy atom. The molecule has 1 fully saturated rings. The molecule has 0 unspecified atom stereocenters. The third-order valence-electron chi connectivity index (χ3n) is 2.26. The fraction of sp³-hybridized carbons (Fsp3) is 0.375. The molecule has 0 aromatic carbocycles. The maximum Gasteiger partial charge on any atom is 0.182 e. The van der Waals surface area contributed by atoms with Crippen molar-refractivity contribution in [1.29, 1.82) is 0 Å². The largest absolute Gasteiger partial charge is 0.324 e. The van der Waals surface area contributed by atoms with E-state index in [0.717, 1.165) is 5.52 Å². The molecule has 5 heteroatoms. The zero-order chi connectivity index (χ0) is 8.84. The van der Waals surface area contributed by atoms with E-state index in [1.54, 1.807) is 6.33 Å². The molecule has 1 saturated carbocycles. The van der Waals surface area contributed by atoms with Gasteiger partial charge in [0, 0.05) is 6.04 Å². The van der Waals surface area contributed by atoms with Gasteiger partial charge in [0.15, 0.2) is 10.8 Å². The highest BCUT2D eigenvalue weighted by Crippen LogP contribution is 2.37. The number of halogens is 1. The lowest BCUT2D eigenvalue weighted by molar-refractivity contribution is 0.764. The second-order valence-corrected chi connectivity index (χ2v) is 3.58. The first-order valence-electron chi connectivity index (χ1n) is 4.19. The van der Waals surface area contributed by atoms with Crippen LogP contribution >= 0.6 is 11.6 Å². The molecule has 1 aliphatic carbocycles. The van der Waals surface area contributed by atoms with E-state index in [1.165, 1.54) is 19.2 Å². The molecule has 4 nitrogen and oxygen atoms in total. The van der Waals surface area contributed by atoms with Crippen LogP contribution in [0, 0.1) is 0 Å². The summed E-state index contributed by atoms with van der Waals surface area (Å²) in [4.78, 5) is 12.2. The first-order valence-corrected chi connectivity index (χ1v) is 4.57. The highest BCUT2D eigenvalue weighted by Gasteiger charge is 2.26. The van der Waals surface area contributed by atoms with Crippen LogP contribution in [0.25, 0.3) is 11.2 Å². The molecule has 13 heavy (non-hydrogen) atoms.